The third kappa shape index (κ3) is 4.21. The Kier molecular flexibility index (Phi) is 5.74. The van der Waals surface area contributed by atoms with Gasteiger partial charge in [0.05, 0.1) is 7.11 Å². The molecule has 1 saturated carbocycles. The van der Waals surface area contributed by atoms with Gasteiger partial charge in [-0.3, -0.25) is 4.79 Å². The minimum absolute atomic E-state index is 0.0436. The molecule has 5 heteroatoms. The van der Waals surface area contributed by atoms with Crippen molar-refractivity contribution < 1.29 is 19.2 Å². The molecule has 2 aliphatic rings. The molecule has 0 aromatic heterocycles. The average molecular weight is 345 g/mol. The Morgan fingerprint density at radius 1 is 1.20 bits per heavy atom. The summed E-state index contributed by atoms with van der Waals surface area (Å²) < 4.78 is 4.99. The molecule has 3 rings (SSSR count). The summed E-state index contributed by atoms with van der Waals surface area (Å²) in [6.45, 7) is 3.21. The monoisotopic (exact) mass is 345 g/mol. The lowest BCUT2D eigenvalue weighted by Crippen LogP contribution is -3.17. The predicted octanol–water partition coefficient (Wildman–Crippen LogP) is 0.864. The van der Waals surface area contributed by atoms with Gasteiger partial charge in [-0.05, 0) is 24.3 Å². The van der Waals surface area contributed by atoms with Gasteiger partial charge in [-0.2, -0.15) is 0 Å². The van der Waals surface area contributed by atoms with Gasteiger partial charge in [0.15, 0.2) is 12.6 Å². The molecule has 0 bridgehead atoms. The van der Waals surface area contributed by atoms with Gasteiger partial charge in [-0.25, -0.2) is 4.79 Å². The second-order valence-electron chi connectivity index (χ2n) is 7.50. The normalized spacial score (nSPS) is 28.7. The van der Waals surface area contributed by atoms with Gasteiger partial charge in [0.25, 0.3) is 5.91 Å². The number of carbonyl (C=O) groups is 2. The number of esters is 1. The van der Waals surface area contributed by atoms with Crippen molar-refractivity contribution in [2.24, 2.45) is 5.92 Å². The number of rotatable bonds is 4. The fourth-order valence-electron chi connectivity index (χ4n) is 4.23. The minimum Gasteiger partial charge on any atom is -0.465 e. The van der Waals surface area contributed by atoms with E-state index in [2.05, 4.69) is 24.4 Å². The summed E-state index contributed by atoms with van der Waals surface area (Å²) in [6.07, 6.45) is 5.31. The summed E-state index contributed by atoms with van der Waals surface area (Å²) in [5, 5.41) is 3.21. The Morgan fingerprint density at radius 3 is 2.64 bits per heavy atom. The molecular weight excluding hydrogens is 316 g/mol. The number of fused-ring (bicyclic) bond motifs is 1. The molecule has 1 aliphatic carbocycles. The highest BCUT2D eigenvalue weighted by atomic mass is 16.5. The lowest BCUT2D eigenvalue weighted by Gasteiger charge is -2.33. The molecule has 136 valence electrons. The number of hydrogen-bond acceptors (Lipinski definition) is 3. The van der Waals surface area contributed by atoms with Crippen LogP contribution in [0.5, 0.6) is 0 Å². The number of methoxy groups -OCH3 is 1. The Balaban J connectivity index is 1.68. The molecule has 25 heavy (non-hydrogen) atoms. The first-order chi connectivity index (χ1) is 12.1. The van der Waals surface area contributed by atoms with Crippen molar-refractivity contribution in [3.8, 4) is 0 Å². The maximum absolute atomic E-state index is 12.6. The standard InChI is InChI=1S/C20H28N2O3/c1-14-7-3-6-10-17(14)21-19(23)13-22-12-16-9-5-4-8-15(16)11-18(22)20(24)25-2/h4-5,8-9,14,17-18H,3,6-7,10-13H2,1-2H3,(H,21,23)/p+1/t14-,17-,18+/m0/s1. The van der Waals surface area contributed by atoms with E-state index in [0.29, 0.717) is 25.4 Å². The van der Waals surface area contributed by atoms with E-state index in [0.717, 1.165) is 11.3 Å². The van der Waals surface area contributed by atoms with Crippen LogP contribution in [0.4, 0.5) is 0 Å². The van der Waals surface area contributed by atoms with Gasteiger partial charge < -0.3 is 15.0 Å². The van der Waals surface area contributed by atoms with E-state index >= 15 is 0 Å². The molecule has 5 nitrogen and oxygen atoms in total. The van der Waals surface area contributed by atoms with E-state index in [1.165, 1.54) is 37.5 Å². The SMILES string of the molecule is COC(=O)[C@H]1Cc2ccccc2C[NH+]1CC(=O)N[C@H]1CCCC[C@@H]1C. The van der Waals surface area contributed by atoms with E-state index in [4.69, 9.17) is 4.74 Å². The van der Waals surface area contributed by atoms with Crippen molar-refractivity contribution in [3.05, 3.63) is 35.4 Å². The van der Waals surface area contributed by atoms with Crippen molar-refractivity contribution in [3.63, 3.8) is 0 Å². The second kappa shape index (κ2) is 8.00. The smallest absolute Gasteiger partial charge is 0.365 e. The number of hydrogen-bond donors (Lipinski definition) is 2. The predicted molar refractivity (Wildman–Crippen MR) is 95.0 cm³/mol. The molecule has 1 aliphatic heterocycles. The minimum atomic E-state index is -0.311. The van der Waals surface area contributed by atoms with Gasteiger partial charge in [-0.15, -0.1) is 0 Å². The lowest BCUT2D eigenvalue weighted by atomic mass is 9.86. The fourth-order valence-corrected chi connectivity index (χ4v) is 4.23. The van der Waals surface area contributed by atoms with Crippen molar-refractivity contribution >= 4 is 11.9 Å². The van der Waals surface area contributed by atoms with Crippen molar-refractivity contribution in [2.75, 3.05) is 13.7 Å². The van der Waals surface area contributed by atoms with Gasteiger partial charge in [0.2, 0.25) is 0 Å². The summed E-state index contributed by atoms with van der Waals surface area (Å²) in [7, 11) is 1.42. The Labute approximate surface area is 149 Å². The molecule has 1 fully saturated rings. The summed E-state index contributed by atoms with van der Waals surface area (Å²) in [6, 6.07) is 8.12. The first-order valence-electron chi connectivity index (χ1n) is 9.37. The van der Waals surface area contributed by atoms with E-state index in [1.54, 1.807) is 0 Å². The topological polar surface area (TPSA) is 59.8 Å². The molecule has 1 aromatic carbocycles. The maximum atomic E-state index is 12.6. The summed E-state index contributed by atoms with van der Waals surface area (Å²) >= 11 is 0. The molecule has 1 aromatic rings. The highest BCUT2D eigenvalue weighted by Crippen LogP contribution is 2.23. The molecule has 0 spiro atoms. The number of nitrogens with one attached hydrogen (secondary N) is 2. The van der Waals surface area contributed by atoms with E-state index < -0.39 is 0 Å². The van der Waals surface area contributed by atoms with Crippen LogP contribution in [-0.2, 0) is 27.3 Å². The van der Waals surface area contributed by atoms with Crippen LogP contribution in [0, 0.1) is 5.92 Å². The molecule has 0 radical (unpaired) electrons. The van der Waals surface area contributed by atoms with Crippen LogP contribution in [0.25, 0.3) is 0 Å². The summed E-state index contributed by atoms with van der Waals surface area (Å²) in [5.41, 5.74) is 2.40. The van der Waals surface area contributed by atoms with Crippen LogP contribution in [-0.4, -0.2) is 37.6 Å². The third-order valence-electron chi connectivity index (χ3n) is 5.78. The van der Waals surface area contributed by atoms with Crippen LogP contribution >= 0.6 is 0 Å². The van der Waals surface area contributed by atoms with Gasteiger partial charge in [-0.1, -0.05) is 44.0 Å². The zero-order valence-corrected chi connectivity index (χ0v) is 15.2. The van der Waals surface area contributed by atoms with Gasteiger partial charge in [0.1, 0.15) is 6.54 Å². The van der Waals surface area contributed by atoms with Crippen molar-refractivity contribution in [1.29, 1.82) is 0 Å². The van der Waals surface area contributed by atoms with Crippen molar-refractivity contribution in [1.82, 2.24) is 5.32 Å². The molecular formula is C20H29N2O3+. The van der Waals surface area contributed by atoms with Crippen LogP contribution in [0.3, 0.4) is 0 Å². The zero-order valence-electron chi connectivity index (χ0n) is 15.2. The first-order valence-corrected chi connectivity index (χ1v) is 9.37. The molecule has 2 N–H and O–H groups in total. The number of benzene rings is 1. The molecule has 4 atom stereocenters. The Morgan fingerprint density at radius 2 is 1.92 bits per heavy atom. The van der Waals surface area contributed by atoms with E-state index in [1.807, 2.05) is 12.1 Å². The second-order valence-corrected chi connectivity index (χ2v) is 7.50. The number of ether oxygens (including phenoxy) is 1. The van der Waals surface area contributed by atoms with Gasteiger partial charge in [0, 0.05) is 18.0 Å². The van der Waals surface area contributed by atoms with E-state index in [9.17, 15) is 9.59 Å². The molecule has 1 amide bonds. The van der Waals surface area contributed by atoms with Gasteiger partial charge >= 0.3 is 5.97 Å². The quantitative estimate of drug-likeness (QED) is 0.796. The highest BCUT2D eigenvalue weighted by Gasteiger charge is 2.37. The van der Waals surface area contributed by atoms with Crippen LogP contribution < -0.4 is 10.2 Å². The summed E-state index contributed by atoms with van der Waals surface area (Å²) in [4.78, 5) is 25.8. The maximum Gasteiger partial charge on any atom is 0.365 e. The Hall–Kier alpha value is -1.88. The van der Waals surface area contributed by atoms with Crippen LogP contribution in [0.2, 0.25) is 0 Å². The average Bonchev–Trinajstić information content (AvgIpc) is 2.62. The zero-order chi connectivity index (χ0) is 17.8. The van der Waals surface area contributed by atoms with Crippen LogP contribution in [0.15, 0.2) is 24.3 Å². The van der Waals surface area contributed by atoms with Crippen LogP contribution in [0.1, 0.15) is 43.7 Å². The molecule has 1 heterocycles. The van der Waals surface area contributed by atoms with Crippen molar-refractivity contribution in [2.45, 2.75) is 57.7 Å². The van der Waals surface area contributed by atoms with E-state index in [-0.39, 0.29) is 24.0 Å². The fraction of sp³-hybridized carbons (Fsp3) is 0.600. The first kappa shape index (κ1) is 17.9. The lowest BCUT2D eigenvalue weighted by molar-refractivity contribution is -0.924. The number of quaternary nitrogens is 1. The summed E-state index contributed by atoms with van der Waals surface area (Å²) in [5.74, 6) is 0.344. The molecule has 1 unspecified atom stereocenters. The molecule has 0 saturated heterocycles. The number of amides is 1. The highest BCUT2D eigenvalue weighted by molar-refractivity contribution is 5.78. The third-order valence-corrected chi connectivity index (χ3v) is 5.78. The Bertz CT molecular complexity index is 631. The largest absolute Gasteiger partial charge is 0.465 e. The number of carbonyl (C=O) groups excluding carboxylic acids is 2.